The average molecular weight is 294 g/mol. The molecule has 2 heteroatoms. The van der Waals surface area contributed by atoms with E-state index in [4.69, 9.17) is 11.5 Å². The second-order valence-corrected chi connectivity index (χ2v) is 6.78. The first kappa shape index (κ1) is 16.2. The number of nitrogens with two attached hydrogens (primary N) is 2. The molecule has 2 nitrogen and oxygen atoms in total. The first-order valence-corrected chi connectivity index (χ1v) is 7.68. The van der Waals surface area contributed by atoms with E-state index in [1.54, 1.807) is 0 Å². The molecule has 0 saturated heterocycles. The molecule has 0 aliphatic heterocycles. The highest BCUT2D eigenvalue weighted by Crippen LogP contribution is 2.36. The zero-order valence-electron chi connectivity index (χ0n) is 14.0. The highest BCUT2D eigenvalue weighted by molar-refractivity contribution is 5.70. The molecule has 0 spiro atoms. The van der Waals surface area contributed by atoms with Gasteiger partial charge < -0.3 is 11.5 Å². The van der Waals surface area contributed by atoms with Crippen LogP contribution in [-0.2, 0) is 5.41 Å². The lowest BCUT2D eigenvalue weighted by Gasteiger charge is -2.28. The predicted octanol–water partition coefficient (Wildman–Crippen LogP) is 5.01. The van der Waals surface area contributed by atoms with Crippen LogP contribution in [0.5, 0.6) is 0 Å². The van der Waals surface area contributed by atoms with Crippen molar-refractivity contribution in [2.75, 3.05) is 11.5 Å². The average Bonchev–Trinajstić information content (AvgIpc) is 2.46. The number of allylic oxidation sites excluding steroid dienone is 2. The van der Waals surface area contributed by atoms with E-state index in [0.29, 0.717) is 0 Å². The van der Waals surface area contributed by atoms with Gasteiger partial charge in [-0.2, -0.15) is 0 Å². The standard InChI is InChI=1S/C20H26N2/c1-14(2)19(15-5-9-17(21)10-6-15)13-20(3,4)16-7-11-18(22)12-8-16/h5-12H,13,21-22H2,1-4H3. The maximum atomic E-state index is 5.81. The van der Waals surface area contributed by atoms with Crippen LogP contribution in [0.15, 0.2) is 54.1 Å². The van der Waals surface area contributed by atoms with Crippen LogP contribution in [0, 0.1) is 0 Å². The maximum absolute atomic E-state index is 5.81. The Balaban J connectivity index is 2.33. The summed E-state index contributed by atoms with van der Waals surface area (Å²) in [5.41, 5.74) is 18.5. The molecule has 116 valence electrons. The fourth-order valence-corrected chi connectivity index (χ4v) is 2.73. The third-order valence-corrected chi connectivity index (χ3v) is 4.17. The number of nitrogen functional groups attached to an aromatic ring is 2. The zero-order chi connectivity index (χ0) is 16.3. The van der Waals surface area contributed by atoms with Crippen LogP contribution in [0.2, 0.25) is 0 Å². The van der Waals surface area contributed by atoms with Crippen molar-refractivity contribution >= 4 is 16.9 Å². The summed E-state index contributed by atoms with van der Waals surface area (Å²) in [5.74, 6) is 0. The summed E-state index contributed by atoms with van der Waals surface area (Å²) in [4.78, 5) is 0. The molecule has 0 amide bonds. The van der Waals surface area contributed by atoms with Crippen LogP contribution in [0.1, 0.15) is 45.2 Å². The Morgan fingerprint density at radius 2 is 1.27 bits per heavy atom. The Kier molecular flexibility index (Phi) is 4.60. The van der Waals surface area contributed by atoms with Crippen molar-refractivity contribution in [3.05, 3.63) is 65.2 Å². The van der Waals surface area contributed by atoms with E-state index in [0.717, 1.165) is 17.8 Å². The molecule has 2 rings (SSSR count). The van der Waals surface area contributed by atoms with Gasteiger partial charge in [0.2, 0.25) is 0 Å². The van der Waals surface area contributed by atoms with Gasteiger partial charge in [0.15, 0.2) is 0 Å². The fraction of sp³-hybridized carbons (Fsp3) is 0.300. The monoisotopic (exact) mass is 294 g/mol. The Hall–Kier alpha value is -2.22. The van der Waals surface area contributed by atoms with Crippen LogP contribution in [0.3, 0.4) is 0 Å². The van der Waals surface area contributed by atoms with E-state index < -0.39 is 0 Å². The third-order valence-electron chi connectivity index (χ3n) is 4.17. The van der Waals surface area contributed by atoms with Crippen LogP contribution in [0.4, 0.5) is 11.4 Å². The van der Waals surface area contributed by atoms with Crippen molar-refractivity contribution in [3.8, 4) is 0 Å². The summed E-state index contributed by atoms with van der Waals surface area (Å²) < 4.78 is 0. The smallest absolute Gasteiger partial charge is 0.0314 e. The van der Waals surface area contributed by atoms with Crippen LogP contribution in [-0.4, -0.2) is 0 Å². The molecule has 0 heterocycles. The third kappa shape index (κ3) is 3.70. The quantitative estimate of drug-likeness (QED) is 0.778. The summed E-state index contributed by atoms with van der Waals surface area (Å²) in [5, 5.41) is 0. The molecule has 0 aromatic heterocycles. The molecule has 0 aliphatic carbocycles. The summed E-state index contributed by atoms with van der Waals surface area (Å²) >= 11 is 0. The highest BCUT2D eigenvalue weighted by Gasteiger charge is 2.23. The molecule has 2 aromatic carbocycles. The molecule has 0 fully saturated rings. The van der Waals surface area contributed by atoms with Crippen molar-refractivity contribution in [2.24, 2.45) is 0 Å². The number of rotatable bonds is 4. The maximum Gasteiger partial charge on any atom is 0.0314 e. The van der Waals surface area contributed by atoms with Gasteiger partial charge in [0, 0.05) is 11.4 Å². The molecule has 22 heavy (non-hydrogen) atoms. The van der Waals surface area contributed by atoms with Gasteiger partial charge >= 0.3 is 0 Å². The van der Waals surface area contributed by atoms with Gasteiger partial charge in [-0.15, -0.1) is 0 Å². The Morgan fingerprint density at radius 1 is 0.818 bits per heavy atom. The number of hydrogen-bond donors (Lipinski definition) is 2. The second kappa shape index (κ2) is 6.27. The van der Waals surface area contributed by atoms with Gasteiger partial charge in [0.25, 0.3) is 0 Å². The lowest BCUT2D eigenvalue weighted by molar-refractivity contribution is 0.540. The molecule has 0 aliphatic rings. The summed E-state index contributed by atoms with van der Waals surface area (Å²) in [6, 6.07) is 16.4. The minimum atomic E-state index is 0.0433. The number of hydrogen-bond acceptors (Lipinski definition) is 2. The molecule has 4 N–H and O–H groups in total. The largest absolute Gasteiger partial charge is 0.399 e. The minimum Gasteiger partial charge on any atom is -0.399 e. The Morgan fingerprint density at radius 3 is 1.73 bits per heavy atom. The van der Waals surface area contributed by atoms with Crippen molar-refractivity contribution in [2.45, 2.75) is 39.5 Å². The molecular formula is C20H26N2. The van der Waals surface area contributed by atoms with Gasteiger partial charge in [-0.3, -0.25) is 0 Å². The van der Waals surface area contributed by atoms with E-state index in [9.17, 15) is 0 Å². The lowest BCUT2D eigenvalue weighted by Crippen LogP contribution is -2.18. The van der Waals surface area contributed by atoms with Gasteiger partial charge in [-0.25, -0.2) is 0 Å². The number of anilines is 2. The molecular weight excluding hydrogens is 268 g/mol. The van der Waals surface area contributed by atoms with Gasteiger partial charge in [0.1, 0.15) is 0 Å². The van der Waals surface area contributed by atoms with Crippen LogP contribution in [0.25, 0.3) is 5.57 Å². The number of benzene rings is 2. The fourth-order valence-electron chi connectivity index (χ4n) is 2.73. The molecule has 0 saturated carbocycles. The van der Waals surface area contributed by atoms with E-state index in [2.05, 4.69) is 52.0 Å². The molecule has 2 aromatic rings. The zero-order valence-corrected chi connectivity index (χ0v) is 14.0. The topological polar surface area (TPSA) is 52.0 Å². The molecule has 0 unspecified atom stereocenters. The first-order chi connectivity index (χ1) is 10.3. The van der Waals surface area contributed by atoms with Gasteiger partial charge in [-0.05, 0) is 66.6 Å². The van der Waals surface area contributed by atoms with Crippen LogP contribution >= 0.6 is 0 Å². The predicted molar refractivity (Wildman–Crippen MR) is 97.6 cm³/mol. The molecule has 0 radical (unpaired) electrons. The summed E-state index contributed by atoms with van der Waals surface area (Å²) in [7, 11) is 0. The van der Waals surface area contributed by atoms with Crippen molar-refractivity contribution in [3.63, 3.8) is 0 Å². The van der Waals surface area contributed by atoms with E-state index in [-0.39, 0.29) is 5.41 Å². The Bertz CT molecular complexity index is 658. The summed E-state index contributed by atoms with van der Waals surface area (Å²) in [6.07, 6.45) is 0.975. The Labute approximate surface area is 133 Å². The SMILES string of the molecule is CC(C)=C(CC(C)(C)c1ccc(N)cc1)c1ccc(N)cc1. The van der Waals surface area contributed by atoms with Crippen molar-refractivity contribution in [1.82, 2.24) is 0 Å². The molecule has 0 atom stereocenters. The highest BCUT2D eigenvalue weighted by atomic mass is 14.5. The molecule has 0 bridgehead atoms. The normalized spacial score (nSPS) is 11.3. The van der Waals surface area contributed by atoms with Crippen molar-refractivity contribution < 1.29 is 0 Å². The van der Waals surface area contributed by atoms with Gasteiger partial charge in [-0.1, -0.05) is 43.7 Å². The van der Waals surface area contributed by atoms with E-state index in [1.165, 1.54) is 22.3 Å². The minimum absolute atomic E-state index is 0.0433. The summed E-state index contributed by atoms with van der Waals surface area (Å²) in [6.45, 7) is 8.90. The van der Waals surface area contributed by atoms with Crippen LogP contribution < -0.4 is 11.5 Å². The first-order valence-electron chi connectivity index (χ1n) is 7.68. The van der Waals surface area contributed by atoms with Crippen molar-refractivity contribution in [1.29, 1.82) is 0 Å². The van der Waals surface area contributed by atoms with Gasteiger partial charge in [0.05, 0.1) is 0 Å². The second-order valence-electron chi connectivity index (χ2n) is 6.78. The van der Waals surface area contributed by atoms with E-state index in [1.807, 2.05) is 24.3 Å². The lowest BCUT2D eigenvalue weighted by atomic mass is 9.76. The van der Waals surface area contributed by atoms with E-state index >= 15 is 0 Å².